The van der Waals surface area contributed by atoms with E-state index in [1.54, 1.807) is 17.1 Å². The van der Waals surface area contributed by atoms with Crippen molar-refractivity contribution in [3.8, 4) is 5.69 Å². The molecule has 100 valence electrons. The molecule has 0 saturated carbocycles. The zero-order valence-electron chi connectivity index (χ0n) is 10.9. The Morgan fingerprint density at radius 3 is 2.84 bits per heavy atom. The molecular formula is C14H18N4O. The molecule has 5 nitrogen and oxygen atoms in total. The first-order valence-electron chi connectivity index (χ1n) is 6.30. The molecule has 3 N–H and O–H groups in total. The number of hydrogen-bond acceptors (Lipinski definition) is 3. The van der Waals surface area contributed by atoms with Gasteiger partial charge in [0.15, 0.2) is 0 Å². The lowest BCUT2D eigenvalue weighted by Gasteiger charge is -2.04. The Morgan fingerprint density at radius 1 is 1.42 bits per heavy atom. The van der Waals surface area contributed by atoms with E-state index in [4.69, 9.17) is 5.73 Å². The van der Waals surface area contributed by atoms with Gasteiger partial charge in [-0.2, -0.15) is 5.10 Å². The summed E-state index contributed by atoms with van der Waals surface area (Å²) in [6.07, 6.45) is 4.53. The Bertz CT molecular complexity index is 533. The van der Waals surface area contributed by atoms with Gasteiger partial charge in [0.1, 0.15) is 0 Å². The number of amides is 1. The van der Waals surface area contributed by atoms with Gasteiger partial charge in [0, 0.05) is 12.5 Å². The maximum atomic E-state index is 11.7. The molecule has 1 aromatic carbocycles. The second kappa shape index (κ2) is 6.15. The van der Waals surface area contributed by atoms with Crippen molar-refractivity contribution in [3.63, 3.8) is 0 Å². The molecule has 19 heavy (non-hydrogen) atoms. The molecule has 1 atom stereocenters. The van der Waals surface area contributed by atoms with Crippen LogP contribution in [0.15, 0.2) is 42.7 Å². The minimum absolute atomic E-state index is 0.0371. The Kier molecular flexibility index (Phi) is 4.30. The number of para-hydroxylation sites is 1. The smallest absolute Gasteiger partial charge is 0.224 e. The fourth-order valence-corrected chi connectivity index (χ4v) is 1.69. The first-order valence-corrected chi connectivity index (χ1v) is 6.30. The minimum atomic E-state index is -0.0371. The summed E-state index contributed by atoms with van der Waals surface area (Å²) in [5, 5.41) is 7.02. The van der Waals surface area contributed by atoms with Gasteiger partial charge >= 0.3 is 0 Å². The largest absolute Gasteiger partial charge is 0.328 e. The third-order valence-corrected chi connectivity index (χ3v) is 2.71. The predicted octanol–water partition coefficient (Wildman–Crippen LogP) is 1.94. The summed E-state index contributed by atoms with van der Waals surface area (Å²) in [6, 6.07) is 9.78. The van der Waals surface area contributed by atoms with Crippen molar-refractivity contribution in [3.05, 3.63) is 42.7 Å². The van der Waals surface area contributed by atoms with Crippen molar-refractivity contribution in [2.24, 2.45) is 5.73 Å². The fraction of sp³-hybridized carbons (Fsp3) is 0.286. The Balaban J connectivity index is 1.96. The number of hydrogen-bond donors (Lipinski definition) is 2. The molecule has 1 amide bonds. The molecule has 2 aromatic rings. The van der Waals surface area contributed by atoms with Crippen molar-refractivity contribution in [2.45, 2.75) is 25.8 Å². The molecule has 0 bridgehead atoms. The van der Waals surface area contributed by atoms with Gasteiger partial charge in [0.25, 0.3) is 0 Å². The quantitative estimate of drug-likeness (QED) is 0.860. The fourth-order valence-electron chi connectivity index (χ4n) is 1.69. The monoisotopic (exact) mass is 258 g/mol. The van der Waals surface area contributed by atoms with Crippen molar-refractivity contribution in [1.82, 2.24) is 9.78 Å². The molecule has 1 unspecified atom stereocenters. The molecule has 0 radical (unpaired) electrons. The molecule has 5 heteroatoms. The standard InChI is InChI=1S/C14H18N4O/c1-11(15)7-8-14(19)17-12-9-16-18(10-12)13-5-3-2-4-6-13/h2-6,9-11H,7-8,15H2,1H3,(H,17,19). The number of anilines is 1. The van der Waals surface area contributed by atoms with E-state index >= 15 is 0 Å². The minimum Gasteiger partial charge on any atom is -0.328 e. The molecule has 0 fully saturated rings. The molecule has 2 rings (SSSR count). The third kappa shape index (κ3) is 3.93. The van der Waals surface area contributed by atoms with Crippen LogP contribution in [0, 0.1) is 0 Å². The summed E-state index contributed by atoms with van der Waals surface area (Å²) in [7, 11) is 0. The summed E-state index contributed by atoms with van der Waals surface area (Å²) >= 11 is 0. The highest BCUT2D eigenvalue weighted by Crippen LogP contribution is 2.11. The molecule has 0 aliphatic heterocycles. The number of benzene rings is 1. The summed E-state index contributed by atoms with van der Waals surface area (Å²) in [5.74, 6) is -0.0371. The maximum absolute atomic E-state index is 11.7. The van der Waals surface area contributed by atoms with Crippen LogP contribution < -0.4 is 11.1 Å². The molecule has 0 saturated heterocycles. The Hall–Kier alpha value is -2.14. The molecule has 1 aromatic heterocycles. The number of aromatic nitrogens is 2. The van der Waals surface area contributed by atoms with Gasteiger partial charge in [-0.25, -0.2) is 4.68 Å². The van der Waals surface area contributed by atoms with E-state index in [0.29, 0.717) is 18.5 Å². The number of carbonyl (C=O) groups is 1. The molecule has 0 aliphatic rings. The second-order valence-corrected chi connectivity index (χ2v) is 4.57. The van der Waals surface area contributed by atoms with Crippen LogP contribution in [0.4, 0.5) is 5.69 Å². The van der Waals surface area contributed by atoms with Crippen LogP contribution in [-0.2, 0) is 4.79 Å². The van der Waals surface area contributed by atoms with Crippen LogP contribution in [0.3, 0.4) is 0 Å². The molecule has 0 spiro atoms. The van der Waals surface area contributed by atoms with Gasteiger partial charge in [-0.05, 0) is 25.5 Å². The van der Waals surface area contributed by atoms with Gasteiger partial charge in [-0.15, -0.1) is 0 Å². The van der Waals surface area contributed by atoms with Crippen LogP contribution >= 0.6 is 0 Å². The number of nitrogens with one attached hydrogen (secondary N) is 1. The lowest BCUT2D eigenvalue weighted by atomic mass is 10.2. The summed E-state index contributed by atoms with van der Waals surface area (Å²) in [6.45, 7) is 1.89. The number of nitrogens with zero attached hydrogens (tertiary/aromatic N) is 2. The topological polar surface area (TPSA) is 72.9 Å². The van der Waals surface area contributed by atoms with E-state index in [1.807, 2.05) is 37.3 Å². The van der Waals surface area contributed by atoms with E-state index < -0.39 is 0 Å². The summed E-state index contributed by atoms with van der Waals surface area (Å²) < 4.78 is 1.72. The van der Waals surface area contributed by atoms with E-state index in [0.717, 1.165) is 5.69 Å². The van der Waals surface area contributed by atoms with Crippen LogP contribution in [0.1, 0.15) is 19.8 Å². The third-order valence-electron chi connectivity index (χ3n) is 2.71. The number of nitrogens with two attached hydrogens (primary N) is 1. The van der Waals surface area contributed by atoms with E-state index in [-0.39, 0.29) is 11.9 Å². The first kappa shape index (κ1) is 13.3. The summed E-state index contributed by atoms with van der Waals surface area (Å²) in [5.41, 5.74) is 7.27. The van der Waals surface area contributed by atoms with Gasteiger partial charge in [0.05, 0.1) is 23.8 Å². The SMILES string of the molecule is CC(N)CCC(=O)Nc1cnn(-c2ccccc2)c1. The predicted molar refractivity (Wildman–Crippen MR) is 75.1 cm³/mol. The van der Waals surface area contributed by atoms with Crippen LogP contribution in [0.2, 0.25) is 0 Å². The van der Waals surface area contributed by atoms with E-state index in [2.05, 4.69) is 10.4 Å². The lowest BCUT2D eigenvalue weighted by molar-refractivity contribution is -0.116. The Morgan fingerprint density at radius 2 is 2.16 bits per heavy atom. The van der Waals surface area contributed by atoms with Gasteiger partial charge < -0.3 is 11.1 Å². The average Bonchev–Trinajstić information content (AvgIpc) is 2.86. The van der Waals surface area contributed by atoms with Crippen molar-refractivity contribution in [2.75, 3.05) is 5.32 Å². The number of carbonyl (C=O) groups excluding carboxylic acids is 1. The highest BCUT2D eigenvalue weighted by Gasteiger charge is 2.06. The van der Waals surface area contributed by atoms with Crippen LogP contribution in [-0.4, -0.2) is 21.7 Å². The molecule has 0 aliphatic carbocycles. The first-order chi connectivity index (χ1) is 9.15. The highest BCUT2D eigenvalue weighted by molar-refractivity contribution is 5.90. The van der Waals surface area contributed by atoms with Gasteiger partial charge in [-0.1, -0.05) is 18.2 Å². The zero-order valence-corrected chi connectivity index (χ0v) is 10.9. The zero-order chi connectivity index (χ0) is 13.7. The normalized spacial score (nSPS) is 12.1. The second-order valence-electron chi connectivity index (χ2n) is 4.57. The summed E-state index contributed by atoms with van der Waals surface area (Å²) in [4.78, 5) is 11.7. The number of rotatable bonds is 5. The van der Waals surface area contributed by atoms with Crippen molar-refractivity contribution in [1.29, 1.82) is 0 Å². The van der Waals surface area contributed by atoms with Crippen LogP contribution in [0.5, 0.6) is 0 Å². The highest BCUT2D eigenvalue weighted by atomic mass is 16.1. The van der Waals surface area contributed by atoms with Crippen molar-refractivity contribution < 1.29 is 4.79 Å². The maximum Gasteiger partial charge on any atom is 0.224 e. The average molecular weight is 258 g/mol. The van der Waals surface area contributed by atoms with Gasteiger partial charge in [0.2, 0.25) is 5.91 Å². The van der Waals surface area contributed by atoms with Crippen molar-refractivity contribution >= 4 is 11.6 Å². The Labute approximate surface area is 112 Å². The van der Waals surface area contributed by atoms with Gasteiger partial charge in [-0.3, -0.25) is 4.79 Å². The molecule has 1 heterocycles. The lowest BCUT2D eigenvalue weighted by Crippen LogP contribution is -2.19. The van der Waals surface area contributed by atoms with E-state index in [9.17, 15) is 4.79 Å². The van der Waals surface area contributed by atoms with E-state index in [1.165, 1.54) is 0 Å². The van der Waals surface area contributed by atoms with Crippen LogP contribution in [0.25, 0.3) is 5.69 Å². The molecular weight excluding hydrogens is 240 g/mol.